The number of likely N-dealkylation sites (N-methyl/N-ethyl adjacent to an activating group) is 2. The molecule has 2 aromatic carbocycles. The third-order valence-electron chi connectivity index (χ3n) is 3.63. The van der Waals surface area contributed by atoms with Crippen molar-refractivity contribution in [1.82, 2.24) is 0 Å². The fourth-order valence-electron chi connectivity index (χ4n) is 2.14. The maximum absolute atomic E-state index is 13.7. The summed E-state index contributed by atoms with van der Waals surface area (Å²) in [5.41, 5.74) is 0.233. The normalized spacial score (nSPS) is 10.4. The third kappa shape index (κ3) is 4.60. The van der Waals surface area contributed by atoms with Gasteiger partial charge in [-0.25, -0.2) is 8.78 Å². The van der Waals surface area contributed by atoms with E-state index >= 15 is 0 Å². The van der Waals surface area contributed by atoms with E-state index in [1.165, 1.54) is 50.5 Å². The molecule has 0 spiro atoms. The van der Waals surface area contributed by atoms with Crippen LogP contribution in [0.3, 0.4) is 0 Å². The molecule has 0 aliphatic carbocycles. The highest BCUT2D eigenvalue weighted by atomic mass is 19.1. The Morgan fingerprint density at radius 2 is 1.16 bits per heavy atom. The van der Waals surface area contributed by atoms with Gasteiger partial charge in [-0.1, -0.05) is 24.3 Å². The number of hydrogen-bond donors (Lipinski definition) is 0. The molecule has 0 aliphatic heterocycles. The van der Waals surface area contributed by atoms with E-state index in [9.17, 15) is 18.4 Å². The van der Waals surface area contributed by atoms with E-state index < -0.39 is 36.7 Å². The molecule has 0 bridgehead atoms. The zero-order chi connectivity index (χ0) is 18.4. The van der Waals surface area contributed by atoms with Crippen LogP contribution in [0, 0.1) is 11.6 Å². The molecule has 0 saturated heterocycles. The van der Waals surface area contributed by atoms with E-state index in [1.54, 1.807) is 12.1 Å². The second-order valence-corrected chi connectivity index (χ2v) is 5.30. The van der Waals surface area contributed by atoms with Crippen LogP contribution in [0.4, 0.5) is 20.2 Å². The van der Waals surface area contributed by atoms with E-state index in [0.717, 1.165) is 9.80 Å². The Labute approximate surface area is 144 Å². The second kappa shape index (κ2) is 8.34. The number of ether oxygens (including phenoxy) is 1. The summed E-state index contributed by atoms with van der Waals surface area (Å²) in [7, 11) is 2.83. The van der Waals surface area contributed by atoms with Crippen LogP contribution >= 0.6 is 0 Å². The summed E-state index contributed by atoms with van der Waals surface area (Å²) in [6, 6.07) is 11.7. The Hall–Kier alpha value is -2.80. The molecule has 0 heterocycles. The highest BCUT2D eigenvalue weighted by Crippen LogP contribution is 2.18. The average molecular weight is 348 g/mol. The summed E-state index contributed by atoms with van der Waals surface area (Å²) in [6.45, 7) is -0.802. The highest BCUT2D eigenvalue weighted by molar-refractivity contribution is 5.95. The van der Waals surface area contributed by atoms with E-state index in [2.05, 4.69) is 0 Å². The van der Waals surface area contributed by atoms with Crippen molar-refractivity contribution in [2.75, 3.05) is 37.1 Å². The zero-order valence-corrected chi connectivity index (χ0v) is 13.9. The van der Waals surface area contributed by atoms with Crippen molar-refractivity contribution in [2.45, 2.75) is 0 Å². The van der Waals surface area contributed by atoms with Crippen LogP contribution in [0.1, 0.15) is 0 Å². The number of rotatable bonds is 6. The van der Waals surface area contributed by atoms with E-state index in [-0.39, 0.29) is 11.4 Å². The lowest BCUT2D eigenvalue weighted by molar-refractivity contribution is -0.127. The minimum Gasteiger partial charge on any atom is -0.362 e. The first-order valence-electron chi connectivity index (χ1n) is 7.51. The minimum atomic E-state index is -0.534. The quantitative estimate of drug-likeness (QED) is 0.806. The maximum atomic E-state index is 13.7. The van der Waals surface area contributed by atoms with E-state index in [4.69, 9.17) is 4.74 Å². The van der Waals surface area contributed by atoms with Crippen molar-refractivity contribution in [1.29, 1.82) is 0 Å². The van der Waals surface area contributed by atoms with Gasteiger partial charge < -0.3 is 14.5 Å². The Morgan fingerprint density at radius 1 is 0.800 bits per heavy atom. The van der Waals surface area contributed by atoms with Gasteiger partial charge in [0.25, 0.3) is 11.8 Å². The Kier molecular flexibility index (Phi) is 6.19. The van der Waals surface area contributed by atoms with Crippen molar-refractivity contribution in [3.05, 3.63) is 60.2 Å². The summed E-state index contributed by atoms with van der Waals surface area (Å²) in [5, 5.41) is 0. The lowest BCUT2D eigenvalue weighted by Crippen LogP contribution is -2.34. The lowest BCUT2D eigenvalue weighted by atomic mass is 10.3. The first kappa shape index (κ1) is 18.5. The molecule has 0 N–H and O–H groups in total. The predicted octanol–water partition coefficient (Wildman–Crippen LogP) is 2.61. The van der Waals surface area contributed by atoms with Crippen LogP contribution in [0.2, 0.25) is 0 Å². The zero-order valence-electron chi connectivity index (χ0n) is 13.9. The third-order valence-corrected chi connectivity index (χ3v) is 3.63. The molecule has 2 amide bonds. The standard InChI is InChI=1S/C18H18F2N2O3/c1-21(15-9-5-3-7-13(15)19)17(23)11-25-12-18(24)22(2)16-10-6-4-8-14(16)20/h3-10H,11-12H2,1-2H3. The summed E-state index contributed by atoms with van der Waals surface area (Å²) >= 11 is 0. The molecular formula is C18H18F2N2O3. The molecule has 0 unspecified atom stereocenters. The number of para-hydroxylation sites is 2. The van der Waals surface area contributed by atoms with Crippen molar-refractivity contribution < 1.29 is 23.1 Å². The Bertz CT molecular complexity index is 704. The van der Waals surface area contributed by atoms with Gasteiger partial charge in [0.2, 0.25) is 0 Å². The molecule has 25 heavy (non-hydrogen) atoms. The second-order valence-electron chi connectivity index (χ2n) is 5.30. The molecule has 7 heteroatoms. The van der Waals surface area contributed by atoms with Gasteiger partial charge in [0.1, 0.15) is 24.8 Å². The van der Waals surface area contributed by atoms with Gasteiger partial charge in [-0.15, -0.1) is 0 Å². The van der Waals surface area contributed by atoms with Crippen molar-refractivity contribution in [3.8, 4) is 0 Å². The molecule has 0 radical (unpaired) electrons. The molecule has 2 rings (SSSR count). The van der Waals surface area contributed by atoms with Gasteiger partial charge >= 0.3 is 0 Å². The predicted molar refractivity (Wildman–Crippen MR) is 90.4 cm³/mol. The smallest absolute Gasteiger partial charge is 0.252 e. The Balaban J connectivity index is 1.87. The van der Waals surface area contributed by atoms with Crippen molar-refractivity contribution in [3.63, 3.8) is 0 Å². The SMILES string of the molecule is CN(C(=O)COCC(=O)N(C)c1ccccc1F)c1ccccc1F. The van der Waals surface area contributed by atoms with E-state index in [1.807, 2.05) is 0 Å². The largest absolute Gasteiger partial charge is 0.362 e. The average Bonchev–Trinajstić information content (AvgIpc) is 2.61. The lowest BCUT2D eigenvalue weighted by Gasteiger charge is -2.19. The number of amides is 2. The Morgan fingerprint density at radius 3 is 1.52 bits per heavy atom. The summed E-state index contributed by atoms with van der Waals surface area (Å²) in [6.07, 6.45) is 0. The van der Waals surface area contributed by atoms with Gasteiger partial charge in [0.05, 0.1) is 11.4 Å². The van der Waals surface area contributed by atoms with Crippen LogP contribution in [0.5, 0.6) is 0 Å². The molecule has 0 saturated carbocycles. The number of carbonyl (C=O) groups excluding carboxylic acids is 2. The summed E-state index contributed by atoms with van der Waals surface area (Å²) in [5.74, 6) is -2.08. The number of anilines is 2. The first-order chi connectivity index (χ1) is 11.9. The van der Waals surface area contributed by atoms with E-state index in [0.29, 0.717) is 0 Å². The summed E-state index contributed by atoms with van der Waals surface area (Å²) in [4.78, 5) is 26.3. The molecule has 132 valence electrons. The fourth-order valence-corrected chi connectivity index (χ4v) is 2.14. The van der Waals surface area contributed by atoms with Gasteiger partial charge in [-0.3, -0.25) is 9.59 Å². The first-order valence-corrected chi connectivity index (χ1v) is 7.51. The topological polar surface area (TPSA) is 49.9 Å². The van der Waals surface area contributed by atoms with Gasteiger partial charge in [-0.2, -0.15) is 0 Å². The van der Waals surface area contributed by atoms with Crippen LogP contribution in [-0.2, 0) is 14.3 Å². The van der Waals surface area contributed by atoms with Crippen LogP contribution in [-0.4, -0.2) is 39.1 Å². The van der Waals surface area contributed by atoms with Gasteiger partial charge in [0, 0.05) is 14.1 Å². The number of benzene rings is 2. The van der Waals surface area contributed by atoms with Crippen molar-refractivity contribution >= 4 is 23.2 Å². The number of halogens is 2. The summed E-state index contributed by atoms with van der Waals surface area (Å²) < 4.78 is 32.4. The number of hydrogen-bond acceptors (Lipinski definition) is 3. The molecule has 0 aromatic heterocycles. The number of nitrogens with zero attached hydrogens (tertiary/aromatic N) is 2. The van der Waals surface area contributed by atoms with Crippen molar-refractivity contribution in [2.24, 2.45) is 0 Å². The van der Waals surface area contributed by atoms with Crippen LogP contribution in [0.15, 0.2) is 48.5 Å². The fraction of sp³-hybridized carbons (Fsp3) is 0.222. The molecule has 0 aliphatic rings. The van der Waals surface area contributed by atoms with Crippen LogP contribution in [0.25, 0.3) is 0 Å². The minimum absolute atomic E-state index is 0.117. The maximum Gasteiger partial charge on any atom is 0.252 e. The molecule has 5 nitrogen and oxygen atoms in total. The van der Waals surface area contributed by atoms with Gasteiger partial charge in [0.15, 0.2) is 0 Å². The van der Waals surface area contributed by atoms with Gasteiger partial charge in [-0.05, 0) is 24.3 Å². The monoisotopic (exact) mass is 348 g/mol. The molecule has 2 aromatic rings. The number of carbonyl (C=O) groups is 2. The molecule has 0 fully saturated rings. The highest BCUT2D eigenvalue weighted by Gasteiger charge is 2.17. The molecular weight excluding hydrogens is 330 g/mol. The molecule has 0 atom stereocenters. The van der Waals surface area contributed by atoms with Crippen LogP contribution < -0.4 is 9.80 Å².